The zero-order valence-corrected chi connectivity index (χ0v) is 21.0. The largest absolute Gasteiger partial charge is 0.325 e. The highest BCUT2D eigenvalue weighted by Gasteiger charge is 2.36. The molecule has 1 aliphatic heterocycles. The van der Waals surface area contributed by atoms with Crippen LogP contribution in [-0.2, 0) is 9.59 Å². The van der Waals surface area contributed by atoms with Crippen molar-refractivity contribution in [2.75, 3.05) is 11.9 Å². The van der Waals surface area contributed by atoms with Crippen LogP contribution in [0, 0.1) is 24.0 Å². The summed E-state index contributed by atoms with van der Waals surface area (Å²) in [6.07, 6.45) is 1.43. The Balaban J connectivity index is 1.49. The molecule has 182 valence electrons. The van der Waals surface area contributed by atoms with Gasteiger partial charge in [0, 0.05) is 16.6 Å². The molecule has 1 saturated heterocycles. The number of carbonyl (C=O) groups is 3. The minimum atomic E-state index is -0.620. The van der Waals surface area contributed by atoms with E-state index < -0.39 is 28.5 Å². The lowest BCUT2D eigenvalue weighted by molar-refractivity contribution is -0.387. The molecule has 0 radical (unpaired) electrons. The van der Waals surface area contributed by atoms with Crippen molar-refractivity contribution in [2.24, 2.45) is 0 Å². The maximum absolute atomic E-state index is 12.8. The van der Waals surface area contributed by atoms with Crippen molar-refractivity contribution >= 4 is 58.0 Å². The number of carbonyl (C=O) groups excluding carboxylic acids is 3. The fourth-order valence-electron chi connectivity index (χ4n) is 3.44. The van der Waals surface area contributed by atoms with Gasteiger partial charge in [-0.15, -0.1) is 0 Å². The third-order valence-corrected chi connectivity index (χ3v) is 7.18. The molecular formula is C26H21N3O5S2. The van der Waals surface area contributed by atoms with Crippen molar-refractivity contribution in [2.45, 2.75) is 23.6 Å². The average Bonchev–Trinajstić information content (AvgIpc) is 3.08. The minimum absolute atomic E-state index is 0.0941. The van der Waals surface area contributed by atoms with Crippen LogP contribution in [0.1, 0.15) is 16.7 Å². The molecule has 0 spiro atoms. The number of nitro benzene ring substituents is 1. The van der Waals surface area contributed by atoms with Crippen LogP contribution >= 0.6 is 23.5 Å². The van der Waals surface area contributed by atoms with E-state index in [-0.39, 0.29) is 10.6 Å². The summed E-state index contributed by atoms with van der Waals surface area (Å²) in [4.78, 5) is 51.1. The summed E-state index contributed by atoms with van der Waals surface area (Å²) < 4.78 is 0. The minimum Gasteiger partial charge on any atom is -0.325 e. The number of thioether (sulfide) groups is 1. The Morgan fingerprint density at radius 1 is 1.06 bits per heavy atom. The van der Waals surface area contributed by atoms with Gasteiger partial charge in [0.05, 0.1) is 14.7 Å². The molecular weight excluding hydrogens is 498 g/mol. The summed E-state index contributed by atoms with van der Waals surface area (Å²) in [5.74, 6) is -1.12. The number of hydrogen-bond acceptors (Lipinski definition) is 7. The quantitative estimate of drug-likeness (QED) is 0.230. The zero-order valence-electron chi connectivity index (χ0n) is 19.4. The molecule has 3 aromatic rings. The number of anilines is 1. The average molecular weight is 520 g/mol. The number of nitrogens with zero attached hydrogens (tertiary/aromatic N) is 2. The number of rotatable bonds is 7. The van der Waals surface area contributed by atoms with Gasteiger partial charge in [-0.3, -0.25) is 29.4 Å². The van der Waals surface area contributed by atoms with Gasteiger partial charge in [0.25, 0.3) is 16.8 Å². The number of nitro groups is 1. The van der Waals surface area contributed by atoms with E-state index in [1.54, 1.807) is 30.3 Å². The van der Waals surface area contributed by atoms with Crippen LogP contribution in [0.5, 0.6) is 0 Å². The Hall–Kier alpha value is -3.89. The predicted octanol–water partition coefficient (Wildman–Crippen LogP) is 6.04. The zero-order chi connectivity index (χ0) is 25.8. The van der Waals surface area contributed by atoms with Crippen molar-refractivity contribution in [3.63, 3.8) is 0 Å². The van der Waals surface area contributed by atoms with Gasteiger partial charge < -0.3 is 5.32 Å². The maximum Gasteiger partial charge on any atom is 0.294 e. The van der Waals surface area contributed by atoms with E-state index in [0.29, 0.717) is 27.9 Å². The molecule has 1 heterocycles. The van der Waals surface area contributed by atoms with Crippen molar-refractivity contribution in [1.82, 2.24) is 4.90 Å². The first kappa shape index (κ1) is 25.2. The highest BCUT2D eigenvalue weighted by molar-refractivity contribution is 8.18. The van der Waals surface area contributed by atoms with Crippen LogP contribution in [0.4, 0.5) is 16.2 Å². The lowest BCUT2D eigenvalue weighted by Gasteiger charge is -2.12. The van der Waals surface area contributed by atoms with E-state index in [0.717, 1.165) is 20.9 Å². The molecule has 0 bridgehead atoms. The second-order valence-corrected chi connectivity index (χ2v) is 10.2. The van der Waals surface area contributed by atoms with Gasteiger partial charge >= 0.3 is 0 Å². The molecule has 1 aliphatic rings. The number of nitrogens with one attached hydrogen (secondary N) is 1. The summed E-state index contributed by atoms with van der Waals surface area (Å²) in [7, 11) is 0. The Bertz CT molecular complexity index is 1400. The summed E-state index contributed by atoms with van der Waals surface area (Å²) in [6, 6.07) is 19.5. The van der Waals surface area contributed by atoms with Crippen LogP contribution in [0.25, 0.3) is 6.08 Å². The second-order valence-electron chi connectivity index (χ2n) is 8.08. The van der Waals surface area contributed by atoms with Crippen molar-refractivity contribution in [3.8, 4) is 0 Å². The van der Waals surface area contributed by atoms with E-state index in [9.17, 15) is 24.5 Å². The van der Waals surface area contributed by atoms with E-state index in [1.807, 2.05) is 44.2 Å². The van der Waals surface area contributed by atoms with Gasteiger partial charge in [-0.2, -0.15) is 0 Å². The smallest absolute Gasteiger partial charge is 0.294 e. The van der Waals surface area contributed by atoms with E-state index in [4.69, 9.17) is 0 Å². The molecule has 1 fully saturated rings. The Labute approximate surface area is 215 Å². The topological polar surface area (TPSA) is 110 Å². The summed E-state index contributed by atoms with van der Waals surface area (Å²) in [6.45, 7) is 3.42. The van der Waals surface area contributed by atoms with Gasteiger partial charge in [-0.25, -0.2) is 0 Å². The van der Waals surface area contributed by atoms with Crippen LogP contribution in [-0.4, -0.2) is 33.4 Å². The predicted molar refractivity (Wildman–Crippen MR) is 141 cm³/mol. The third kappa shape index (κ3) is 6.02. The first-order valence-electron chi connectivity index (χ1n) is 10.8. The molecule has 8 nitrogen and oxygen atoms in total. The van der Waals surface area contributed by atoms with Crippen molar-refractivity contribution in [3.05, 3.63) is 98.4 Å². The lowest BCUT2D eigenvalue weighted by Crippen LogP contribution is -2.36. The van der Waals surface area contributed by atoms with Gasteiger partial charge in [0.2, 0.25) is 5.91 Å². The monoisotopic (exact) mass is 519 g/mol. The first-order chi connectivity index (χ1) is 17.2. The van der Waals surface area contributed by atoms with Crippen LogP contribution in [0.2, 0.25) is 0 Å². The molecule has 0 atom stereocenters. The number of imide groups is 1. The molecule has 0 saturated carbocycles. The number of hydrogen-bond donors (Lipinski definition) is 1. The van der Waals surface area contributed by atoms with E-state index in [2.05, 4.69) is 5.32 Å². The van der Waals surface area contributed by atoms with E-state index >= 15 is 0 Å². The molecule has 3 amide bonds. The Morgan fingerprint density at radius 3 is 2.50 bits per heavy atom. The molecule has 1 N–H and O–H groups in total. The molecule has 3 aromatic carbocycles. The Kier molecular flexibility index (Phi) is 7.56. The number of aryl methyl sites for hydroxylation is 2. The Morgan fingerprint density at radius 2 is 1.81 bits per heavy atom. The number of amides is 3. The van der Waals surface area contributed by atoms with Gasteiger partial charge in [-0.1, -0.05) is 47.7 Å². The maximum atomic E-state index is 12.8. The summed E-state index contributed by atoms with van der Waals surface area (Å²) in [5, 5.41) is 13.8. The van der Waals surface area contributed by atoms with E-state index in [1.165, 1.54) is 23.9 Å². The summed E-state index contributed by atoms with van der Waals surface area (Å²) >= 11 is 1.96. The number of benzene rings is 3. The fourth-order valence-corrected chi connectivity index (χ4v) is 5.18. The van der Waals surface area contributed by atoms with Crippen molar-refractivity contribution < 1.29 is 19.3 Å². The van der Waals surface area contributed by atoms with Gasteiger partial charge in [-0.05, 0) is 73.1 Å². The molecule has 10 heteroatoms. The summed E-state index contributed by atoms with van der Waals surface area (Å²) in [5.41, 5.74) is 2.92. The normalized spacial score (nSPS) is 14.4. The SMILES string of the molecule is Cc1ccc(Sc2ccc(C=C3SC(=O)N(CC(=O)Nc4cccc(C)c4)C3=O)cc2[N+](=O)[O-])cc1. The molecule has 36 heavy (non-hydrogen) atoms. The molecule has 4 rings (SSSR count). The first-order valence-corrected chi connectivity index (χ1v) is 12.5. The highest BCUT2D eigenvalue weighted by Crippen LogP contribution is 2.37. The van der Waals surface area contributed by atoms with Crippen LogP contribution in [0.15, 0.2) is 81.4 Å². The highest BCUT2D eigenvalue weighted by atomic mass is 32.2. The standard InChI is InChI=1S/C26H21N3O5S2/c1-16-6-9-20(10-7-16)35-22-11-8-18(13-21(22)29(33)34)14-23-25(31)28(26(32)36-23)15-24(30)27-19-5-3-4-17(2)12-19/h3-14H,15H2,1-2H3,(H,27,30). The van der Waals surface area contributed by atoms with Crippen LogP contribution in [0.3, 0.4) is 0 Å². The molecule has 0 aliphatic carbocycles. The fraction of sp³-hybridized carbons (Fsp3) is 0.115. The second kappa shape index (κ2) is 10.8. The lowest BCUT2D eigenvalue weighted by atomic mass is 10.2. The third-order valence-electron chi connectivity index (χ3n) is 5.20. The van der Waals surface area contributed by atoms with Crippen molar-refractivity contribution in [1.29, 1.82) is 0 Å². The molecule has 0 unspecified atom stereocenters. The van der Waals surface area contributed by atoms with Crippen LogP contribution < -0.4 is 5.32 Å². The van der Waals surface area contributed by atoms with Gasteiger partial charge in [0.1, 0.15) is 6.54 Å². The van der Waals surface area contributed by atoms with Gasteiger partial charge in [0.15, 0.2) is 0 Å². The molecule has 0 aromatic heterocycles.